The van der Waals surface area contributed by atoms with Crippen LogP contribution in [-0.2, 0) is 11.8 Å². The van der Waals surface area contributed by atoms with Crippen molar-refractivity contribution < 1.29 is 9.53 Å². The zero-order valence-electron chi connectivity index (χ0n) is 7.98. The first kappa shape index (κ1) is 10.2. The molecule has 1 aromatic heterocycles. The van der Waals surface area contributed by atoms with Crippen LogP contribution in [0, 0.1) is 0 Å². The summed E-state index contributed by atoms with van der Waals surface area (Å²) < 4.78 is 5.82. The minimum atomic E-state index is -0.576. The van der Waals surface area contributed by atoms with Crippen LogP contribution in [0.15, 0.2) is 11.0 Å². The molecule has 14 heavy (non-hydrogen) atoms. The van der Waals surface area contributed by atoms with E-state index in [9.17, 15) is 9.59 Å². The molecule has 1 aromatic rings. The summed E-state index contributed by atoms with van der Waals surface area (Å²) in [5.74, 6) is -0.517. The molecule has 0 saturated heterocycles. The molecule has 76 valence electrons. The number of anilines is 1. The summed E-state index contributed by atoms with van der Waals surface area (Å²) >= 11 is 0. The van der Waals surface area contributed by atoms with Crippen LogP contribution in [0.5, 0.6) is 0 Å². The molecule has 2 N–H and O–H groups in total. The minimum absolute atomic E-state index is 0.0588. The average molecular weight is 197 g/mol. The van der Waals surface area contributed by atoms with Gasteiger partial charge in [-0.2, -0.15) is 0 Å². The maximum Gasteiger partial charge on any atom is 0.348 e. The lowest BCUT2D eigenvalue weighted by Gasteiger charge is -2.07. The third kappa shape index (κ3) is 1.73. The molecule has 0 amide bonds. The van der Waals surface area contributed by atoms with Crippen LogP contribution in [0.4, 0.5) is 5.82 Å². The monoisotopic (exact) mass is 197 g/mol. The van der Waals surface area contributed by atoms with Crippen molar-refractivity contribution in [1.29, 1.82) is 0 Å². The van der Waals surface area contributed by atoms with E-state index in [4.69, 9.17) is 10.5 Å². The smallest absolute Gasteiger partial charge is 0.348 e. The van der Waals surface area contributed by atoms with Gasteiger partial charge in [-0.3, -0.25) is 4.57 Å². The Labute approximate surface area is 80.3 Å². The van der Waals surface area contributed by atoms with Crippen molar-refractivity contribution in [2.75, 3.05) is 12.3 Å². The third-order valence-corrected chi connectivity index (χ3v) is 1.72. The van der Waals surface area contributed by atoms with Gasteiger partial charge in [-0.25, -0.2) is 14.6 Å². The second kappa shape index (κ2) is 3.91. The zero-order valence-corrected chi connectivity index (χ0v) is 7.98. The van der Waals surface area contributed by atoms with Crippen molar-refractivity contribution in [3.8, 4) is 0 Å². The van der Waals surface area contributed by atoms with E-state index in [0.29, 0.717) is 0 Å². The second-order valence-electron chi connectivity index (χ2n) is 2.62. The van der Waals surface area contributed by atoms with Crippen LogP contribution in [0.1, 0.15) is 17.3 Å². The van der Waals surface area contributed by atoms with Gasteiger partial charge in [-0.1, -0.05) is 0 Å². The lowest BCUT2D eigenvalue weighted by Crippen LogP contribution is -2.25. The van der Waals surface area contributed by atoms with Gasteiger partial charge >= 0.3 is 11.7 Å². The molecule has 1 heterocycles. The number of esters is 1. The van der Waals surface area contributed by atoms with Gasteiger partial charge in [0, 0.05) is 7.05 Å². The van der Waals surface area contributed by atoms with Gasteiger partial charge < -0.3 is 10.5 Å². The molecule has 6 nitrogen and oxygen atoms in total. The molecule has 0 atom stereocenters. The fourth-order valence-electron chi connectivity index (χ4n) is 0.922. The number of nitrogens with zero attached hydrogens (tertiary/aromatic N) is 2. The van der Waals surface area contributed by atoms with E-state index in [1.165, 1.54) is 7.05 Å². The third-order valence-electron chi connectivity index (χ3n) is 1.72. The summed E-state index contributed by atoms with van der Waals surface area (Å²) in [7, 11) is 1.44. The van der Waals surface area contributed by atoms with Crippen molar-refractivity contribution in [3.05, 3.63) is 22.2 Å². The fraction of sp³-hybridized carbons (Fsp3) is 0.375. The number of nitrogens with two attached hydrogens (primary N) is 1. The highest BCUT2D eigenvalue weighted by molar-refractivity contribution is 5.93. The Morgan fingerprint density at radius 2 is 2.36 bits per heavy atom. The van der Waals surface area contributed by atoms with Gasteiger partial charge in [0.25, 0.3) is 0 Å². The number of carbonyl (C=O) groups is 1. The maximum atomic E-state index is 11.3. The second-order valence-corrected chi connectivity index (χ2v) is 2.62. The molecule has 6 heteroatoms. The van der Waals surface area contributed by atoms with Crippen LogP contribution < -0.4 is 11.4 Å². The van der Waals surface area contributed by atoms with Gasteiger partial charge in [0.05, 0.1) is 12.8 Å². The zero-order chi connectivity index (χ0) is 10.7. The summed E-state index contributed by atoms with van der Waals surface area (Å²) in [6, 6.07) is 0. The Bertz CT molecular complexity index is 411. The fourth-order valence-corrected chi connectivity index (χ4v) is 0.922. The molecule has 0 radical (unpaired) electrons. The minimum Gasteiger partial charge on any atom is -0.462 e. The van der Waals surface area contributed by atoms with Crippen LogP contribution in [0.25, 0.3) is 0 Å². The van der Waals surface area contributed by atoms with E-state index in [1.54, 1.807) is 6.92 Å². The number of carbonyl (C=O) groups excluding carboxylic acids is 1. The Kier molecular flexibility index (Phi) is 2.85. The predicted molar refractivity (Wildman–Crippen MR) is 49.8 cm³/mol. The molecular formula is C8H11N3O3. The summed E-state index contributed by atoms with van der Waals surface area (Å²) in [6.45, 7) is 1.94. The Morgan fingerprint density at radius 3 is 2.93 bits per heavy atom. The molecule has 1 rings (SSSR count). The molecule has 0 saturated carbocycles. The molecule has 0 aliphatic carbocycles. The summed E-state index contributed by atoms with van der Waals surface area (Å²) in [5.41, 5.74) is 5.14. The lowest BCUT2D eigenvalue weighted by molar-refractivity contribution is 0.0526. The highest BCUT2D eigenvalue weighted by Gasteiger charge is 2.13. The maximum absolute atomic E-state index is 11.3. The first-order valence-electron chi connectivity index (χ1n) is 4.06. The SMILES string of the molecule is CCOC(=O)c1cnc(=O)n(C)c1N. The van der Waals surface area contributed by atoms with Crippen molar-refractivity contribution in [2.45, 2.75) is 6.92 Å². The van der Waals surface area contributed by atoms with Crippen molar-refractivity contribution in [3.63, 3.8) is 0 Å². The van der Waals surface area contributed by atoms with E-state index in [1.807, 2.05) is 0 Å². The Hall–Kier alpha value is -1.85. The number of hydrogen-bond acceptors (Lipinski definition) is 5. The van der Waals surface area contributed by atoms with Crippen molar-refractivity contribution >= 4 is 11.8 Å². The van der Waals surface area contributed by atoms with Crippen molar-refractivity contribution in [2.24, 2.45) is 7.05 Å². The topological polar surface area (TPSA) is 87.2 Å². The largest absolute Gasteiger partial charge is 0.462 e. The summed E-state index contributed by atoms with van der Waals surface area (Å²) in [5, 5.41) is 0. The first-order chi connectivity index (χ1) is 6.57. The first-order valence-corrected chi connectivity index (χ1v) is 4.06. The Balaban J connectivity index is 3.18. The molecule has 0 spiro atoms. The molecule has 0 aliphatic heterocycles. The molecule has 0 unspecified atom stereocenters. The number of aromatic nitrogens is 2. The normalized spacial score (nSPS) is 9.86. The Morgan fingerprint density at radius 1 is 1.71 bits per heavy atom. The van der Waals surface area contributed by atoms with E-state index in [-0.39, 0.29) is 18.0 Å². The van der Waals surface area contributed by atoms with Crippen LogP contribution >= 0.6 is 0 Å². The molecular weight excluding hydrogens is 186 g/mol. The quantitative estimate of drug-likeness (QED) is 0.648. The van der Waals surface area contributed by atoms with E-state index in [0.717, 1.165) is 10.8 Å². The standard InChI is InChI=1S/C8H11N3O3/c1-3-14-7(12)5-4-10-8(13)11(2)6(5)9/h4H,3,9H2,1-2H3. The van der Waals surface area contributed by atoms with Crippen molar-refractivity contribution in [1.82, 2.24) is 9.55 Å². The van der Waals surface area contributed by atoms with Gasteiger partial charge in [0.1, 0.15) is 11.4 Å². The molecule has 0 aliphatic rings. The number of rotatable bonds is 2. The van der Waals surface area contributed by atoms with Crippen LogP contribution in [0.3, 0.4) is 0 Å². The van der Waals surface area contributed by atoms with Gasteiger partial charge in [-0.05, 0) is 6.92 Å². The van der Waals surface area contributed by atoms with Gasteiger partial charge in [0.2, 0.25) is 0 Å². The molecule has 0 aromatic carbocycles. The van der Waals surface area contributed by atoms with E-state index < -0.39 is 11.7 Å². The molecule has 0 fully saturated rings. The van der Waals surface area contributed by atoms with E-state index >= 15 is 0 Å². The lowest BCUT2D eigenvalue weighted by atomic mass is 10.3. The van der Waals surface area contributed by atoms with Gasteiger partial charge in [0.15, 0.2) is 0 Å². The average Bonchev–Trinajstić information content (AvgIpc) is 2.15. The van der Waals surface area contributed by atoms with E-state index in [2.05, 4.69) is 4.98 Å². The number of hydrogen-bond donors (Lipinski definition) is 1. The number of ether oxygens (including phenoxy) is 1. The summed E-state index contributed by atoms with van der Waals surface area (Å²) in [6.07, 6.45) is 1.12. The van der Waals surface area contributed by atoms with Crippen LogP contribution in [-0.4, -0.2) is 22.1 Å². The van der Waals surface area contributed by atoms with Crippen LogP contribution in [0.2, 0.25) is 0 Å². The highest BCUT2D eigenvalue weighted by atomic mass is 16.5. The highest BCUT2D eigenvalue weighted by Crippen LogP contribution is 2.07. The van der Waals surface area contributed by atoms with Gasteiger partial charge in [-0.15, -0.1) is 0 Å². The predicted octanol–water partition coefficient (Wildman–Crippen LogP) is -0.461. The number of nitrogen functional groups attached to an aromatic ring is 1. The summed E-state index contributed by atoms with van der Waals surface area (Å²) in [4.78, 5) is 25.7. The molecule has 0 bridgehead atoms.